The van der Waals surface area contributed by atoms with Crippen LogP contribution in [-0.2, 0) is 22.2 Å². The molecule has 0 bridgehead atoms. The van der Waals surface area contributed by atoms with E-state index in [1.807, 2.05) is 35.2 Å². The van der Waals surface area contributed by atoms with Gasteiger partial charge in [-0.05, 0) is 43.0 Å². The minimum Gasteiger partial charge on any atom is -0.371 e. The van der Waals surface area contributed by atoms with E-state index < -0.39 is 22.7 Å². The fourth-order valence-electron chi connectivity index (χ4n) is 5.53. The van der Waals surface area contributed by atoms with E-state index in [0.717, 1.165) is 11.6 Å². The van der Waals surface area contributed by atoms with E-state index in [4.69, 9.17) is 5.26 Å². The number of hydrogen-bond acceptors (Lipinski definition) is 4. The van der Waals surface area contributed by atoms with Crippen LogP contribution in [0.15, 0.2) is 48.5 Å². The summed E-state index contributed by atoms with van der Waals surface area (Å²) < 4.78 is 40.3. The van der Waals surface area contributed by atoms with Crippen LogP contribution in [0, 0.1) is 22.7 Å². The smallest absolute Gasteiger partial charge is 0.371 e. The number of halogens is 3. The number of nitrogens with one attached hydrogen (secondary N) is 1. The van der Waals surface area contributed by atoms with E-state index in [1.165, 1.54) is 12.1 Å². The number of anilines is 1. The van der Waals surface area contributed by atoms with Crippen LogP contribution in [-0.4, -0.2) is 49.9 Å². The molecule has 2 aliphatic rings. The molecule has 4 rings (SSSR count). The van der Waals surface area contributed by atoms with E-state index in [-0.39, 0.29) is 17.7 Å². The second-order valence-corrected chi connectivity index (χ2v) is 9.62. The Morgan fingerprint density at radius 3 is 2.44 bits per heavy atom. The fourth-order valence-corrected chi connectivity index (χ4v) is 5.53. The quantitative estimate of drug-likeness (QED) is 0.676. The largest absolute Gasteiger partial charge is 0.417 e. The van der Waals surface area contributed by atoms with Gasteiger partial charge in [-0.15, -0.1) is 0 Å². The molecule has 0 aliphatic carbocycles. The first-order valence-corrected chi connectivity index (χ1v) is 12.1. The van der Waals surface area contributed by atoms with E-state index >= 15 is 0 Å². The molecule has 2 amide bonds. The molecule has 2 heterocycles. The summed E-state index contributed by atoms with van der Waals surface area (Å²) in [5.41, 5.74) is -0.279. The molecule has 1 unspecified atom stereocenters. The average Bonchev–Trinajstić information content (AvgIpc) is 3.25. The Kier molecular flexibility index (Phi) is 7.25. The Hall–Kier alpha value is -3.54. The average molecular weight is 499 g/mol. The zero-order chi connectivity index (χ0) is 25.9. The third-order valence-electron chi connectivity index (χ3n) is 7.59. The standard InChI is InChI=1S/C27H29F3N4O2/c1-32-25(36)23-17-34(24(35)10-7-19-5-3-2-4-6-19)18-26(23)11-13-33(14-12-26)21-9-8-20(16-31)22(15-21)27(28,29)30/h2-6,8-9,15,23H,7,10-14,17-18H2,1H3,(H,32,36). The highest BCUT2D eigenvalue weighted by atomic mass is 19.4. The van der Waals surface area contributed by atoms with Crippen molar-refractivity contribution in [2.24, 2.45) is 11.3 Å². The zero-order valence-corrected chi connectivity index (χ0v) is 20.1. The van der Waals surface area contributed by atoms with Gasteiger partial charge >= 0.3 is 6.18 Å². The number of benzene rings is 2. The van der Waals surface area contributed by atoms with Crippen molar-refractivity contribution in [1.29, 1.82) is 5.26 Å². The van der Waals surface area contributed by atoms with Crippen molar-refractivity contribution in [1.82, 2.24) is 10.2 Å². The molecule has 1 atom stereocenters. The highest BCUT2D eigenvalue weighted by molar-refractivity contribution is 5.83. The summed E-state index contributed by atoms with van der Waals surface area (Å²) in [6.07, 6.45) is -2.47. The maximum Gasteiger partial charge on any atom is 0.417 e. The van der Waals surface area contributed by atoms with Crippen LogP contribution in [0.2, 0.25) is 0 Å². The summed E-state index contributed by atoms with van der Waals surface area (Å²) >= 11 is 0. The second kappa shape index (κ2) is 10.2. The minimum atomic E-state index is -4.62. The number of hydrogen-bond donors (Lipinski definition) is 1. The molecule has 2 aromatic rings. The van der Waals surface area contributed by atoms with Crippen molar-refractivity contribution in [3.63, 3.8) is 0 Å². The van der Waals surface area contributed by atoms with Gasteiger partial charge in [0.2, 0.25) is 11.8 Å². The maximum atomic E-state index is 13.4. The number of carbonyl (C=O) groups excluding carboxylic acids is 2. The van der Waals surface area contributed by atoms with Crippen molar-refractivity contribution in [2.75, 3.05) is 38.1 Å². The summed E-state index contributed by atoms with van der Waals surface area (Å²) in [7, 11) is 1.58. The highest BCUT2D eigenvalue weighted by Crippen LogP contribution is 2.46. The molecule has 190 valence electrons. The van der Waals surface area contributed by atoms with Gasteiger partial charge in [0.05, 0.1) is 23.1 Å². The lowest BCUT2D eigenvalue weighted by atomic mass is 9.70. The predicted molar refractivity (Wildman–Crippen MR) is 129 cm³/mol. The molecule has 0 aromatic heterocycles. The first-order valence-electron chi connectivity index (χ1n) is 12.1. The minimum absolute atomic E-state index is 0.00831. The fraction of sp³-hybridized carbons (Fsp3) is 0.444. The molecule has 1 spiro atoms. The Morgan fingerprint density at radius 2 is 1.83 bits per heavy atom. The van der Waals surface area contributed by atoms with Crippen molar-refractivity contribution < 1.29 is 22.8 Å². The number of amides is 2. The highest BCUT2D eigenvalue weighted by Gasteiger charge is 2.52. The molecule has 0 saturated carbocycles. The van der Waals surface area contributed by atoms with Crippen molar-refractivity contribution in [2.45, 2.75) is 31.9 Å². The molecular weight excluding hydrogens is 469 g/mol. The van der Waals surface area contributed by atoms with Gasteiger partial charge in [0.25, 0.3) is 0 Å². The number of piperidine rings is 1. The number of aryl methyl sites for hydroxylation is 1. The van der Waals surface area contributed by atoms with Crippen LogP contribution in [0.3, 0.4) is 0 Å². The normalized spacial score (nSPS) is 19.2. The summed E-state index contributed by atoms with van der Waals surface area (Å²) in [6, 6.07) is 15.1. The Morgan fingerprint density at radius 1 is 1.14 bits per heavy atom. The van der Waals surface area contributed by atoms with Gasteiger partial charge in [-0.1, -0.05) is 30.3 Å². The van der Waals surface area contributed by atoms with Gasteiger partial charge in [-0.2, -0.15) is 18.4 Å². The summed E-state index contributed by atoms with van der Waals surface area (Å²) in [4.78, 5) is 29.5. The molecular formula is C27H29F3N4O2. The molecule has 2 fully saturated rings. The SMILES string of the molecule is CNC(=O)C1CN(C(=O)CCc2ccccc2)CC12CCN(c1ccc(C#N)c(C(F)(F)F)c1)CC2. The number of likely N-dealkylation sites (tertiary alicyclic amines) is 1. The summed E-state index contributed by atoms with van der Waals surface area (Å²) in [6.45, 7) is 1.74. The van der Waals surface area contributed by atoms with Gasteiger partial charge < -0.3 is 15.1 Å². The van der Waals surface area contributed by atoms with Crippen LogP contribution in [0.1, 0.15) is 36.0 Å². The van der Waals surface area contributed by atoms with Gasteiger partial charge in [0, 0.05) is 50.7 Å². The summed E-state index contributed by atoms with van der Waals surface area (Å²) in [5.74, 6) is -0.467. The molecule has 2 saturated heterocycles. The number of nitrogens with zero attached hydrogens (tertiary/aromatic N) is 3. The second-order valence-electron chi connectivity index (χ2n) is 9.62. The summed E-state index contributed by atoms with van der Waals surface area (Å²) in [5, 5.41) is 11.8. The maximum absolute atomic E-state index is 13.4. The Bertz CT molecular complexity index is 1150. The van der Waals surface area contributed by atoms with Gasteiger partial charge in [0.15, 0.2) is 0 Å². The molecule has 6 nitrogen and oxygen atoms in total. The molecule has 2 aliphatic heterocycles. The van der Waals surface area contributed by atoms with Crippen LogP contribution in [0.25, 0.3) is 0 Å². The van der Waals surface area contributed by atoms with Crippen LogP contribution >= 0.6 is 0 Å². The molecule has 2 aromatic carbocycles. The topological polar surface area (TPSA) is 76.4 Å². The van der Waals surface area contributed by atoms with Gasteiger partial charge in [0.1, 0.15) is 0 Å². The number of alkyl halides is 3. The number of carbonyl (C=O) groups is 2. The van der Waals surface area contributed by atoms with E-state index in [0.29, 0.717) is 57.5 Å². The number of nitriles is 1. The molecule has 1 N–H and O–H groups in total. The molecule has 0 radical (unpaired) electrons. The predicted octanol–water partition coefficient (Wildman–Crippen LogP) is 4.00. The Labute approximate surface area is 208 Å². The van der Waals surface area contributed by atoms with Crippen LogP contribution in [0.4, 0.5) is 18.9 Å². The van der Waals surface area contributed by atoms with Crippen LogP contribution in [0.5, 0.6) is 0 Å². The van der Waals surface area contributed by atoms with Crippen LogP contribution < -0.4 is 10.2 Å². The Balaban J connectivity index is 1.47. The lowest BCUT2D eigenvalue weighted by molar-refractivity contribution is -0.137. The van der Waals surface area contributed by atoms with Crippen molar-refractivity contribution in [3.05, 3.63) is 65.2 Å². The van der Waals surface area contributed by atoms with E-state index in [2.05, 4.69) is 5.32 Å². The van der Waals surface area contributed by atoms with Crippen molar-refractivity contribution in [3.8, 4) is 6.07 Å². The monoisotopic (exact) mass is 498 g/mol. The van der Waals surface area contributed by atoms with E-state index in [9.17, 15) is 22.8 Å². The van der Waals surface area contributed by atoms with Crippen molar-refractivity contribution >= 4 is 17.5 Å². The van der Waals surface area contributed by atoms with Gasteiger partial charge in [-0.25, -0.2) is 0 Å². The van der Waals surface area contributed by atoms with Gasteiger partial charge in [-0.3, -0.25) is 9.59 Å². The lowest BCUT2D eigenvalue weighted by Crippen LogP contribution is -2.48. The number of rotatable bonds is 5. The molecule has 36 heavy (non-hydrogen) atoms. The zero-order valence-electron chi connectivity index (χ0n) is 20.1. The first-order chi connectivity index (χ1) is 17.2. The lowest BCUT2D eigenvalue weighted by Gasteiger charge is -2.43. The van der Waals surface area contributed by atoms with E-state index in [1.54, 1.807) is 18.0 Å². The third-order valence-corrected chi connectivity index (χ3v) is 7.59. The third kappa shape index (κ3) is 5.18. The molecule has 9 heteroatoms. The first kappa shape index (κ1) is 25.5.